The van der Waals surface area contributed by atoms with Crippen molar-refractivity contribution >= 4 is 40.6 Å². The molecular formula is C13H9Cl3O2. The molecule has 2 rings (SSSR count). The molecule has 5 heteroatoms. The molecular weight excluding hydrogens is 294 g/mol. The van der Waals surface area contributed by atoms with Gasteiger partial charge in [0.25, 0.3) is 0 Å². The molecule has 0 amide bonds. The minimum Gasteiger partial charge on any atom is -0.453 e. The fourth-order valence-electron chi connectivity index (χ4n) is 1.52. The second-order valence-electron chi connectivity index (χ2n) is 3.69. The minimum absolute atomic E-state index is 0.0579. The Hall–Kier alpha value is -0.960. The van der Waals surface area contributed by atoms with Crippen LogP contribution in [0.3, 0.4) is 0 Å². The third-order valence-corrected chi connectivity index (χ3v) is 3.51. The van der Waals surface area contributed by atoms with Crippen LogP contribution >= 0.6 is 34.8 Å². The van der Waals surface area contributed by atoms with E-state index in [2.05, 4.69) is 0 Å². The molecule has 0 saturated carbocycles. The minimum atomic E-state index is -0.0579. The lowest BCUT2D eigenvalue weighted by atomic mass is 10.2. The van der Waals surface area contributed by atoms with E-state index < -0.39 is 0 Å². The Labute approximate surface area is 119 Å². The van der Waals surface area contributed by atoms with Crippen LogP contribution in [0.2, 0.25) is 15.1 Å². The Morgan fingerprint density at radius 3 is 2.44 bits per heavy atom. The summed E-state index contributed by atoms with van der Waals surface area (Å²) in [4.78, 5) is 11.5. The Bertz CT molecular complexity index is 602. The molecule has 1 heterocycles. The molecule has 0 aliphatic carbocycles. The maximum atomic E-state index is 11.5. The van der Waals surface area contributed by atoms with Crippen molar-refractivity contribution in [3.05, 3.63) is 45.1 Å². The summed E-state index contributed by atoms with van der Waals surface area (Å²) >= 11 is 17.9. The molecule has 2 nitrogen and oxygen atoms in total. The van der Waals surface area contributed by atoms with Gasteiger partial charge in [0.1, 0.15) is 5.76 Å². The zero-order valence-corrected chi connectivity index (χ0v) is 11.7. The second-order valence-corrected chi connectivity index (χ2v) is 4.91. The van der Waals surface area contributed by atoms with Gasteiger partial charge < -0.3 is 4.42 Å². The molecule has 0 radical (unpaired) electrons. The second kappa shape index (κ2) is 5.35. The van der Waals surface area contributed by atoms with E-state index in [1.54, 1.807) is 31.2 Å². The van der Waals surface area contributed by atoms with Crippen LogP contribution < -0.4 is 0 Å². The molecule has 0 aliphatic heterocycles. The van der Waals surface area contributed by atoms with Crippen LogP contribution in [-0.4, -0.2) is 5.78 Å². The zero-order valence-electron chi connectivity index (χ0n) is 9.47. The van der Waals surface area contributed by atoms with E-state index in [9.17, 15) is 4.79 Å². The van der Waals surface area contributed by atoms with Crippen molar-refractivity contribution in [2.24, 2.45) is 0 Å². The summed E-state index contributed by atoms with van der Waals surface area (Å²) in [6, 6.07) is 6.48. The van der Waals surface area contributed by atoms with Crippen LogP contribution in [0.25, 0.3) is 11.3 Å². The predicted molar refractivity (Wildman–Crippen MR) is 73.8 cm³/mol. The largest absolute Gasteiger partial charge is 0.453 e. The van der Waals surface area contributed by atoms with E-state index in [1.165, 1.54) is 0 Å². The zero-order chi connectivity index (χ0) is 13.3. The number of carbonyl (C=O) groups is 1. The van der Waals surface area contributed by atoms with Crippen molar-refractivity contribution < 1.29 is 9.21 Å². The molecule has 0 aliphatic rings. The Morgan fingerprint density at radius 1 is 1.11 bits per heavy atom. The molecule has 0 atom stereocenters. The van der Waals surface area contributed by atoms with E-state index in [1.807, 2.05) is 0 Å². The van der Waals surface area contributed by atoms with Gasteiger partial charge in [-0.2, -0.15) is 0 Å². The highest BCUT2D eigenvalue weighted by Crippen LogP contribution is 2.36. The summed E-state index contributed by atoms with van der Waals surface area (Å²) in [5, 5.41) is 1.19. The van der Waals surface area contributed by atoms with Gasteiger partial charge in [-0.1, -0.05) is 41.7 Å². The predicted octanol–water partition coefficient (Wildman–Crippen LogP) is 5.50. The van der Waals surface area contributed by atoms with Crippen LogP contribution in [0, 0.1) is 0 Å². The highest BCUT2D eigenvalue weighted by Gasteiger charge is 2.14. The van der Waals surface area contributed by atoms with Crippen molar-refractivity contribution in [1.29, 1.82) is 0 Å². The first-order valence-corrected chi connectivity index (χ1v) is 6.44. The summed E-state index contributed by atoms with van der Waals surface area (Å²) < 4.78 is 5.46. The number of benzene rings is 1. The van der Waals surface area contributed by atoms with Crippen LogP contribution in [0.1, 0.15) is 23.9 Å². The summed E-state index contributed by atoms with van der Waals surface area (Å²) in [6.45, 7) is 1.77. The number of Topliss-reactive ketones (excluding diaryl/α,β-unsaturated/α-hetero) is 1. The first-order chi connectivity index (χ1) is 8.52. The summed E-state index contributed by atoms with van der Waals surface area (Å²) in [7, 11) is 0. The molecule has 0 bridgehead atoms. The normalized spacial score (nSPS) is 10.7. The quantitative estimate of drug-likeness (QED) is 0.553. The fraction of sp³-hybridized carbons (Fsp3) is 0.154. The highest BCUT2D eigenvalue weighted by molar-refractivity contribution is 6.44. The molecule has 0 N–H and O–H groups in total. The van der Waals surface area contributed by atoms with Crippen LogP contribution in [0.15, 0.2) is 28.7 Å². The van der Waals surface area contributed by atoms with Gasteiger partial charge in [0, 0.05) is 12.0 Å². The van der Waals surface area contributed by atoms with E-state index in [-0.39, 0.29) is 5.78 Å². The van der Waals surface area contributed by atoms with Crippen LogP contribution in [0.4, 0.5) is 0 Å². The fourth-order valence-corrected chi connectivity index (χ4v) is 2.16. The number of hydrogen-bond acceptors (Lipinski definition) is 2. The summed E-state index contributed by atoms with van der Waals surface area (Å²) in [5.41, 5.74) is 0.612. The molecule has 1 aromatic heterocycles. The molecule has 18 heavy (non-hydrogen) atoms. The van der Waals surface area contributed by atoms with Gasteiger partial charge in [0.2, 0.25) is 0 Å². The van der Waals surface area contributed by atoms with Gasteiger partial charge in [-0.15, -0.1) is 0 Å². The van der Waals surface area contributed by atoms with Gasteiger partial charge in [-0.3, -0.25) is 4.79 Å². The van der Waals surface area contributed by atoms with Gasteiger partial charge in [0.15, 0.2) is 11.5 Å². The van der Waals surface area contributed by atoms with Gasteiger partial charge in [-0.25, -0.2) is 0 Å². The average Bonchev–Trinajstić information content (AvgIpc) is 2.82. The third-order valence-electron chi connectivity index (χ3n) is 2.48. The average molecular weight is 304 g/mol. The lowest BCUT2D eigenvalue weighted by Crippen LogP contribution is -1.92. The van der Waals surface area contributed by atoms with Crippen LogP contribution in [-0.2, 0) is 0 Å². The number of hydrogen-bond donors (Lipinski definition) is 0. The van der Waals surface area contributed by atoms with E-state index in [0.29, 0.717) is 38.6 Å². The number of halogens is 3. The lowest BCUT2D eigenvalue weighted by molar-refractivity contribution is 0.0962. The molecule has 2 aromatic rings. The van der Waals surface area contributed by atoms with Crippen molar-refractivity contribution in [3.63, 3.8) is 0 Å². The Balaban J connectivity index is 2.46. The third kappa shape index (κ3) is 2.56. The van der Waals surface area contributed by atoms with Crippen molar-refractivity contribution in [3.8, 4) is 11.3 Å². The van der Waals surface area contributed by atoms with Crippen molar-refractivity contribution in [1.82, 2.24) is 0 Å². The lowest BCUT2D eigenvalue weighted by Gasteiger charge is -2.03. The van der Waals surface area contributed by atoms with E-state index in [4.69, 9.17) is 39.2 Å². The smallest absolute Gasteiger partial charge is 0.197 e. The number of ketones is 1. The summed E-state index contributed by atoms with van der Waals surface area (Å²) in [5.74, 6) is 0.752. The van der Waals surface area contributed by atoms with Gasteiger partial charge in [0.05, 0.1) is 15.1 Å². The molecule has 0 unspecified atom stereocenters. The molecule has 0 saturated heterocycles. The number of rotatable bonds is 3. The van der Waals surface area contributed by atoms with E-state index >= 15 is 0 Å². The van der Waals surface area contributed by atoms with Gasteiger partial charge in [-0.05, 0) is 24.3 Å². The van der Waals surface area contributed by atoms with E-state index in [0.717, 1.165) is 0 Å². The SMILES string of the molecule is CCC(=O)c1ccc(-c2cc(Cl)c(Cl)cc2Cl)o1. The highest BCUT2D eigenvalue weighted by atomic mass is 35.5. The van der Waals surface area contributed by atoms with Crippen molar-refractivity contribution in [2.75, 3.05) is 0 Å². The number of furan rings is 1. The first-order valence-electron chi connectivity index (χ1n) is 5.31. The molecule has 1 aromatic carbocycles. The number of carbonyl (C=O) groups excluding carboxylic acids is 1. The topological polar surface area (TPSA) is 30.2 Å². The maximum absolute atomic E-state index is 11.5. The maximum Gasteiger partial charge on any atom is 0.197 e. The summed E-state index contributed by atoms with van der Waals surface area (Å²) in [6.07, 6.45) is 0.391. The molecule has 0 spiro atoms. The first kappa shape index (κ1) is 13.5. The Kier molecular flexibility index (Phi) is 4.00. The standard InChI is InChI=1S/C13H9Cl3O2/c1-2-11(17)13-4-3-12(18-13)7-5-9(15)10(16)6-8(7)14/h3-6H,2H2,1H3. The van der Waals surface area contributed by atoms with Crippen LogP contribution in [0.5, 0.6) is 0 Å². The monoisotopic (exact) mass is 302 g/mol. The molecule has 0 fully saturated rings. The molecule has 94 valence electrons. The van der Waals surface area contributed by atoms with Gasteiger partial charge >= 0.3 is 0 Å². The Morgan fingerprint density at radius 2 is 1.78 bits per heavy atom. The van der Waals surface area contributed by atoms with Crippen molar-refractivity contribution in [2.45, 2.75) is 13.3 Å².